The molecule has 0 bridgehead atoms. The van der Waals surface area contributed by atoms with Crippen molar-refractivity contribution in [2.45, 2.75) is 19.4 Å². The maximum atomic E-state index is 11.3. The number of cyclic esters (lactones) is 1. The molecule has 0 aliphatic carbocycles. The summed E-state index contributed by atoms with van der Waals surface area (Å²) in [6, 6.07) is 3.77. The average molecular weight is 262 g/mol. The Balaban J connectivity index is 1.51. The van der Waals surface area contributed by atoms with Crippen LogP contribution in [0, 0.1) is 0 Å². The summed E-state index contributed by atoms with van der Waals surface area (Å²) in [5, 5.41) is 0. The van der Waals surface area contributed by atoms with Gasteiger partial charge in [0.05, 0.1) is 24.5 Å². The van der Waals surface area contributed by atoms with E-state index in [0.29, 0.717) is 12.2 Å². The number of hydrogen-bond acceptors (Lipinski definition) is 5. The SMILES string of the molecule is O=C1OCc2nc(CCCN3CCOCC3)ccc21. The van der Waals surface area contributed by atoms with Gasteiger partial charge in [0.15, 0.2) is 0 Å². The van der Waals surface area contributed by atoms with Crippen molar-refractivity contribution in [3.05, 3.63) is 29.1 Å². The molecule has 1 aromatic heterocycles. The minimum atomic E-state index is -0.248. The number of aryl methyl sites for hydroxylation is 1. The molecule has 3 heterocycles. The van der Waals surface area contributed by atoms with Crippen molar-refractivity contribution in [3.8, 4) is 0 Å². The van der Waals surface area contributed by atoms with Gasteiger partial charge in [-0.1, -0.05) is 0 Å². The summed E-state index contributed by atoms with van der Waals surface area (Å²) >= 11 is 0. The smallest absolute Gasteiger partial charge is 0.340 e. The largest absolute Gasteiger partial charge is 0.456 e. The fraction of sp³-hybridized carbons (Fsp3) is 0.571. The molecule has 2 aliphatic rings. The van der Waals surface area contributed by atoms with Crippen molar-refractivity contribution >= 4 is 5.97 Å². The molecule has 5 heteroatoms. The molecule has 2 aliphatic heterocycles. The van der Waals surface area contributed by atoms with Gasteiger partial charge in [-0.15, -0.1) is 0 Å². The Hall–Kier alpha value is -1.46. The highest BCUT2D eigenvalue weighted by molar-refractivity contribution is 5.92. The zero-order chi connectivity index (χ0) is 13.1. The molecule has 0 spiro atoms. The molecule has 1 fully saturated rings. The van der Waals surface area contributed by atoms with Gasteiger partial charge in [0, 0.05) is 18.8 Å². The van der Waals surface area contributed by atoms with Gasteiger partial charge < -0.3 is 9.47 Å². The number of carbonyl (C=O) groups excluding carboxylic acids is 1. The number of morpholine rings is 1. The molecule has 3 rings (SSSR count). The Labute approximate surface area is 112 Å². The van der Waals surface area contributed by atoms with E-state index in [0.717, 1.165) is 57.1 Å². The molecule has 0 radical (unpaired) electrons. The first-order valence-corrected chi connectivity index (χ1v) is 6.79. The summed E-state index contributed by atoms with van der Waals surface area (Å²) in [5.41, 5.74) is 2.45. The average Bonchev–Trinajstić information content (AvgIpc) is 2.81. The van der Waals surface area contributed by atoms with Crippen LogP contribution in [-0.4, -0.2) is 48.7 Å². The summed E-state index contributed by atoms with van der Waals surface area (Å²) in [5.74, 6) is -0.248. The van der Waals surface area contributed by atoms with E-state index in [1.165, 1.54) is 0 Å². The summed E-state index contributed by atoms with van der Waals surface area (Å²) in [7, 11) is 0. The van der Waals surface area contributed by atoms with Crippen LogP contribution in [0.5, 0.6) is 0 Å². The molecule has 1 saturated heterocycles. The number of nitrogens with zero attached hydrogens (tertiary/aromatic N) is 2. The molecule has 0 N–H and O–H groups in total. The van der Waals surface area contributed by atoms with Crippen LogP contribution in [0.3, 0.4) is 0 Å². The third-order valence-corrected chi connectivity index (χ3v) is 3.60. The van der Waals surface area contributed by atoms with E-state index < -0.39 is 0 Å². The highest BCUT2D eigenvalue weighted by Gasteiger charge is 2.22. The van der Waals surface area contributed by atoms with Gasteiger partial charge in [-0.25, -0.2) is 4.79 Å². The van der Waals surface area contributed by atoms with E-state index in [1.807, 2.05) is 12.1 Å². The van der Waals surface area contributed by atoms with Crippen LogP contribution >= 0.6 is 0 Å². The third-order valence-electron chi connectivity index (χ3n) is 3.60. The lowest BCUT2D eigenvalue weighted by molar-refractivity contribution is 0.0374. The monoisotopic (exact) mass is 262 g/mol. The number of carbonyl (C=O) groups is 1. The molecule has 0 atom stereocenters. The predicted octanol–water partition coefficient (Wildman–Crippen LogP) is 1.02. The zero-order valence-electron chi connectivity index (χ0n) is 10.9. The Kier molecular flexibility index (Phi) is 3.75. The van der Waals surface area contributed by atoms with E-state index in [-0.39, 0.29) is 5.97 Å². The number of rotatable bonds is 4. The minimum absolute atomic E-state index is 0.248. The highest BCUT2D eigenvalue weighted by Crippen LogP contribution is 2.18. The lowest BCUT2D eigenvalue weighted by Crippen LogP contribution is -2.36. The van der Waals surface area contributed by atoms with E-state index >= 15 is 0 Å². The van der Waals surface area contributed by atoms with Crippen LogP contribution in [0.1, 0.15) is 28.2 Å². The van der Waals surface area contributed by atoms with Crippen LogP contribution < -0.4 is 0 Å². The lowest BCUT2D eigenvalue weighted by Gasteiger charge is -2.26. The topological polar surface area (TPSA) is 51.7 Å². The predicted molar refractivity (Wildman–Crippen MR) is 68.9 cm³/mol. The molecule has 5 nitrogen and oxygen atoms in total. The van der Waals surface area contributed by atoms with Gasteiger partial charge in [0.2, 0.25) is 0 Å². The second-order valence-corrected chi connectivity index (χ2v) is 4.93. The van der Waals surface area contributed by atoms with Crippen molar-refractivity contribution in [1.82, 2.24) is 9.88 Å². The molecule has 0 aromatic carbocycles. The van der Waals surface area contributed by atoms with E-state index in [2.05, 4.69) is 9.88 Å². The normalized spacial score (nSPS) is 19.3. The lowest BCUT2D eigenvalue weighted by atomic mass is 10.1. The summed E-state index contributed by atoms with van der Waals surface area (Å²) in [4.78, 5) is 18.2. The fourth-order valence-corrected chi connectivity index (χ4v) is 2.50. The first-order chi connectivity index (χ1) is 9.33. The van der Waals surface area contributed by atoms with Crippen LogP contribution in [-0.2, 0) is 22.5 Å². The Morgan fingerprint density at radius 3 is 2.95 bits per heavy atom. The quantitative estimate of drug-likeness (QED) is 0.758. The summed E-state index contributed by atoms with van der Waals surface area (Å²) < 4.78 is 10.3. The number of fused-ring (bicyclic) bond motifs is 1. The second-order valence-electron chi connectivity index (χ2n) is 4.93. The first-order valence-electron chi connectivity index (χ1n) is 6.79. The van der Waals surface area contributed by atoms with Crippen LogP contribution in [0.2, 0.25) is 0 Å². The van der Waals surface area contributed by atoms with Crippen molar-refractivity contribution in [2.75, 3.05) is 32.8 Å². The zero-order valence-corrected chi connectivity index (χ0v) is 10.9. The van der Waals surface area contributed by atoms with Crippen molar-refractivity contribution in [3.63, 3.8) is 0 Å². The maximum absolute atomic E-state index is 11.3. The minimum Gasteiger partial charge on any atom is -0.456 e. The van der Waals surface area contributed by atoms with Crippen molar-refractivity contribution in [1.29, 1.82) is 0 Å². The molecular weight excluding hydrogens is 244 g/mol. The molecule has 19 heavy (non-hydrogen) atoms. The number of aromatic nitrogens is 1. The molecular formula is C14H18N2O3. The van der Waals surface area contributed by atoms with Gasteiger partial charge in [-0.2, -0.15) is 0 Å². The number of ether oxygens (including phenoxy) is 2. The van der Waals surface area contributed by atoms with Gasteiger partial charge in [0.25, 0.3) is 0 Å². The van der Waals surface area contributed by atoms with Crippen LogP contribution in [0.15, 0.2) is 12.1 Å². The Morgan fingerprint density at radius 1 is 1.26 bits per heavy atom. The van der Waals surface area contributed by atoms with Crippen molar-refractivity contribution in [2.24, 2.45) is 0 Å². The van der Waals surface area contributed by atoms with E-state index in [4.69, 9.17) is 9.47 Å². The van der Waals surface area contributed by atoms with E-state index in [9.17, 15) is 4.79 Å². The standard InChI is InChI=1S/C14H18N2O3/c17-14-12-4-3-11(15-13(12)10-19-14)2-1-5-16-6-8-18-9-7-16/h3-4H,1-2,5-10H2. The molecule has 0 saturated carbocycles. The van der Waals surface area contributed by atoms with Crippen molar-refractivity contribution < 1.29 is 14.3 Å². The third kappa shape index (κ3) is 2.93. The molecule has 0 amide bonds. The number of pyridine rings is 1. The summed E-state index contributed by atoms with van der Waals surface area (Å²) in [6.45, 7) is 5.15. The van der Waals surface area contributed by atoms with Gasteiger partial charge in [0.1, 0.15) is 6.61 Å². The van der Waals surface area contributed by atoms with Crippen LogP contribution in [0.25, 0.3) is 0 Å². The van der Waals surface area contributed by atoms with E-state index in [1.54, 1.807) is 0 Å². The summed E-state index contributed by atoms with van der Waals surface area (Å²) in [6.07, 6.45) is 2.03. The molecule has 1 aromatic rings. The second kappa shape index (κ2) is 5.67. The fourth-order valence-electron chi connectivity index (χ4n) is 2.50. The Morgan fingerprint density at radius 2 is 2.11 bits per heavy atom. The molecule has 0 unspecified atom stereocenters. The molecule has 102 valence electrons. The maximum Gasteiger partial charge on any atom is 0.340 e. The number of hydrogen-bond donors (Lipinski definition) is 0. The van der Waals surface area contributed by atoms with Gasteiger partial charge in [-0.3, -0.25) is 9.88 Å². The first kappa shape index (κ1) is 12.6. The van der Waals surface area contributed by atoms with Gasteiger partial charge in [-0.05, 0) is 31.5 Å². The van der Waals surface area contributed by atoms with Gasteiger partial charge >= 0.3 is 5.97 Å². The highest BCUT2D eigenvalue weighted by atomic mass is 16.5. The van der Waals surface area contributed by atoms with Crippen LogP contribution in [0.4, 0.5) is 0 Å². The Bertz CT molecular complexity index is 470. The number of esters is 1.